The maximum atomic E-state index is 12.8. The summed E-state index contributed by atoms with van der Waals surface area (Å²) in [5.74, 6) is 1.18. The van der Waals surface area contributed by atoms with Gasteiger partial charge in [0.2, 0.25) is 0 Å². The molecule has 4 heterocycles. The molecule has 1 unspecified atom stereocenters. The molecule has 2 saturated heterocycles. The number of nitrogens with one attached hydrogen (secondary N) is 2. The molecule has 2 N–H and O–H groups in total. The van der Waals surface area contributed by atoms with Crippen LogP contribution in [-0.4, -0.2) is 73.4 Å². The van der Waals surface area contributed by atoms with Gasteiger partial charge in [0.05, 0.1) is 21.8 Å². The van der Waals surface area contributed by atoms with Gasteiger partial charge in [-0.15, -0.1) is 11.3 Å². The van der Waals surface area contributed by atoms with Crippen LogP contribution in [0.1, 0.15) is 40.9 Å². The average Bonchev–Trinajstić information content (AvgIpc) is 3.26. The molecule has 4 rings (SSSR count). The van der Waals surface area contributed by atoms with E-state index in [4.69, 9.17) is 0 Å². The Morgan fingerprint density at radius 2 is 2.07 bits per heavy atom. The molecule has 30 heavy (non-hydrogen) atoms. The lowest BCUT2D eigenvalue weighted by molar-refractivity contribution is 0.0950. The van der Waals surface area contributed by atoms with Crippen LogP contribution in [0.5, 0.6) is 0 Å². The summed E-state index contributed by atoms with van der Waals surface area (Å²) in [5, 5.41) is 7.20. The van der Waals surface area contributed by atoms with Crippen LogP contribution < -0.4 is 10.6 Å². The summed E-state index contributed by atoms with van der Waals surface area (Å²) in [4.78, 5) is 25.3. The van der Waals surface area contributed by atoms with Gasteiger partial charge in [0.15, 0.2) is 9.84 Å². The summed E-state index contributed by atoms with van der Waals surface area (Å²) in [6, 6.07) is 0. The Balaban J connectivity index is 1.41. The fraction of sp³-hybridized carbons (Fsp3) is 0.650. The minimum Gasteiger partial charge on any atom is -0.369 e. The first kappa shape index (κ1) is 21.5. The number of amides is 1. The van der Waals surface area contributed by atoms with E-state index in [1.54, 1.807) is 0 Å². The quantitative estimate of drug-likeness (QED) is 0.664. The van der Waals surface area contributed by atoms with Crippen molar-refractivity contribution in [2.45, 2.75) is 32.6 Å². The molecule has 0 aliphatic carbocycles. The average molecular weight is 452 g/mol. The Morgan fingerprint density at radius 3 is 2.80 bits per heavy atom. The number of aryl methyl sites for hydroxylation is 1. The SMILES string of the molecule is Cc1c(C(=O)NCCN2CCCCC2)sc2ncnc(NCC3CCS(=O)(=O)C3)c12. The molecule has 2 aliphatic heterocycles. The molecule has 0 aromatic carbocycles. The topological polar surface area (TPSA) is 104 Å². The number of fused-ring (bicyclic) bond motifs is 1. The third-order valence-corrected chi connectivity index (χ3v) is 9.02. The predicted octanol–water partition coefficient (Wildman–Crippen LogP) is 2.06. The summed E-state index contributed by atoms with van der Waals surface area (Å²) in [6.45, 7) is 6.23. The van der Waals surface area contributed by atoms with E-state index in [9.17, 15) is 13.2 Å². The number of carbonyl (C=O) groups is 1. The highest BCUT2D eigenvalue weighted by Gasteiger charge is 2.28. The number of anilines is 1. The monoisotopic (exact) mass is 451 g/mol. The fourth-order valence-corrected chi connectivity index (χ4v) is 7.21. The van der Waals surface area contributed by atoms with Crippen molar-refractivity contribution in [1.29, 1.82) is 0 Å². The highest BCUT2D eigenvalue weighted by Crippen LogP contribution is 2.33. The first-order valence-electron chi connectivity index (χ1n) is 10.6. The molecular weight excluding hydrogens is 422 g/mol. The number of rotatable bonds is 7. The molecule has 2 fully saturated rings. The van der Waals surface area contributed by atoms with E-state index in [0.717, 1.165) is 35.4 Å². The van der Waals surface area contributed by atoms with E-state index >= 15 is 0 Å². The summed E-state index contributed by atoms with van der Waals surface area (Å²) in [6.07, 6.45) is 5.95. The van der Waals surface area contributed by atoms with Crippen LogP contribution in [-0.2, 0) is 9.84 Å². The van der Waals surface area contributed by atoms with Crippen molar-refractivity contribution in [3.05, 3.63) is 16.8 Å². The third kappa shape index (κ3) is 4.92. The zero-order valence-corrected chi connectivity index (χ0v) is 18.9. The number of piperidine rings is 1. The van der Waals surface area contributed by atoms with Crippen LogP contribution in [0.4, 0.5) is 5.82 Å². The van der Waals surface area contributed by atoms with Crippen LogP contribution in [0.25, 0.3) is 10.2 Å². The van der Waals surface area contributed by atoms with Gasteiger partial charge in [-0.25, -0.2) is 18.4 Å². The largest absolute Gasteiger partial charge is 0.369 e. The van der Waals surface area contributed by atoms with Crippen molar-refractivity contribution in [2.75, 3.05) is 49.5 Å². The molecule has 0 bridgehead atoms. The van der Waals surface area contributed by atoms with E-state index < -0.39 is 9.84 Å². The zero-order valence-electron chi connectivity index (χ0n) is 17.3. The summed E-state index contributed by atoms with van der Waals surface area (Å²) >= 11 is 1.38. The minimum absolute atomic E-state index is 0.0691. The molecular formula is C20H29N5O3S2. The van der Waals surface area contributed by atoms with Crippen molar-refractivity contribution in [2.24, 2.45) is 5.92 Å². The van der Waals surface area contributed by atoms with Crippen molar-refractivity contribution < 1.29 is 13.2 Å². The van der Waals surface area contributed by atoms with Crippen LogP contribution in [0.3, 0.4) is 0 Å². The Labute approximate surface area is 181 Å². The summed E-state index contributed by atoms with van der Waals surface area (Å²) in [7, 11) is -2.90. The van der Waals surface area contributed by atoms with Gasteiger partial charge in [-0.3, -0.25) is 4.79 Å². The molecule has 1 amide bonds. The van der Waals surface area contributed by atoms with Gasteiger partial charge in [-0.05, 0) is 50.8 Å². The molecule has 1 atom stereocenters. The van der Waals surface area contributed by atoms with Crippen molar-refractivity contribution >= 4 is 43.1 Å². The molecule has 8 nitrogen and oxygen atoms in total. The van der Waals surface area contributed by atoms with Crippen LogP contribution >= 0.6 is 11.3 Å². The molecule has 2 aromatic rings. The number of hydrogen-bond acceptors (Lipinski definition) is 8. The fourth-order valence-electron chi connectivity index (χ4n) is 4.29. The smallest absolute Gasteiger partial charge is 0.261 e. The van der Waals surface area contributed by atoms with E-state index in [-0.39, 0.29) is 23.3 Å². The molecule has 0 spiro atoms. The summed E-state index contributed by atoms with van der Waals surface area (Å²) < 4.78 is 23.4. The van der Waals surface area contributed by atoms with Gasteiger partial charge >= 0.3 is 0 Å². The number of carbonyl (C=O) groups excluding carboxylic acids is 1. The molecule has 0 saturated carbocycles. The molecule has 164 valence electrons. The Bertz CT molecular complexity index is 1010. The van der Waals surface area contributed by atoms with Crippen molar-refractivity contribution in [3.63, 3.8) is 0 Å². The number of nitrogens with zero attached hydrogens (tertiary/aromatic N) is 3. The van der Waals surface area contributed by atoms with Gasteiger partial charge in [-0.1, -0.05) is 6.42 Å². The molecule has 10 heteroatoms. The van der Waals surface area contributed by atoms with Crippen molar-refractivity contribution in [3.8, 4) is 0 Å². The Hall–Kier alpha value is -1.78. The van der Waals surface area contributed by atoms with Crippen LogP contribution in [0, 0.1) is 12.8 Å². The van der Waals surface area contributed by atoms with Crippen LogP contribution in [0.15, 0.2) is 6.33 Å². The predicted molar refractivity (Wildman–Crippen MR) is 120 cm³/mol. The number of aromatic nitrogens is 2. The highest BCUT2D eigenvalue weighted by molar-refractivity contribution is 7.91. The number of hydrogen-bond donors (Lipinski definition) is 2. The summed E-state index contributed by atoms with van der Waals surface area (Å²) in [5.41, 5.74) is 0.868. The number of sulfone groups is 1. The number of thiophene rings is 1. The third-order valence-electron chi connectivity index (χ3n) is 5.98. The molecule has 2 aliphatic rings. The van der Waals surface area contributed by atoms with Gasteiger partial charge in [-0.2, -0.15) is 0 Å². The standard InChI is InChI=1S/C20H29N5O3S2/c1-14-16-18(22-11-15-5-10-30(27,28)12-15)23-13-24-20(16)29-17(14)19(26)21-6-9-25-7-3-2-4-8-25/h13,15H,2-12H2,1H3,(H,21,26)(H,22,23,24). The second kappa shape index (κ2) is 9.15. The zero-order chi connectivity index (χ0) is 21.1. The molecule has 2 aromatic heterocycles. The minimum atomic E-state index is -2.90. The first-order chi connectivity index (χ1) is 14.4. The maximum Gasteiger partial charge on any atom is 0.261 e. The lowest BCUT2D eigenvalue weighted by Gasteiger charge is -2.26. The van der Waals surface area contributed by atoms with Gasteiger partial charge in [0, 0.05) is 19.6 Å². The van der Waals surface area contributed by atoms with E-state index in [1.165, 1.54) is 36.9 Å². The highest BCUT2D eigenvalue weighted by atomic mass is 32.2. The van der Waals surface area contributed by atoms with Gasteiger partial charge in [0.1, 0.15) is 17.0 Å². The second-order valence-corrected chi connectivity index (χ2v) is 11.5. The van der Waals surface area contributed by atoms with Gasteiger partial charge < -0.3 is 15.5 Å². The molecule has 0 radical (unpaired) electrons. The second-order valence-electron chi connectivity index (χ2n) is 8.27. The van der Waals surface area contributed by atoms with Crippen LogP contribution in [0.2, 0.25) is 0 Å². The Morgan fingerprint density at radius 1 is 1.27 bits per heavy atom. The lowest BCUT2D eigenvalue weighted by atomic mass is 10.1. The van der Waals surface area contributed by atoms with Gasteiger partial charge in [0.25, 0.3) is 5.91 Å². The number of likely N-dealkylation sites (tertiary alicyclic amines) is 1. The van der Waals surface area contributed by atoms with Crippen molar-refractivity contribution in [1.82, 2.24) is 20.2 Å². The van der Waals surface area contributed by atoms with E-state index in [2.05, 4.69) is 25.5 Å². The maximum absolute atomic E-state index is 12.8. The lowest BCUT2D eigenvalue weighted by Crippen LogP contribution is -2.37. The first-order valence-corrected chi connectivity index (χ1v) is 13.3. The van der Waals surface area contributed by atoms with E-state index in [1.807, 2.05) is 6.92 Å². The normalized spacial score (nSPS) is 21.7. The van der Waals surface area contributed by atoms with E-state index in [0.29, 0.717) is 30.2 Å². The Kier molecular flexibility index (Phi) is 6.54.